The molecular formula is C21H22N2O4S2. The Labute approximate surface area is 174 Å². The minimum atomic E-state index is -3.05. The second kappa shape index (κ2) is 8.20. The largest absolute Gasteiger partial charge is 0.497 e. The van der Waals surface area contributed by atoms with Crippen LogP contribution in [-0.4, -0.2) is 60.8 Å². The Balaban J connectivity index is 1.55. The first-order valence-corrected chi connectivity index (χ1v) is 12.1. The maximum Gasteiger partial charge on any atom is 0.279 e. The highest BCUT2D eigenvalue weighted by atomic mass is 32.2. The average Bonchev–Trinajstić information content (AvgIpc) is 3.18. The molecular weight excluding hydrogens is 408 g/mol. The van der Waals surface area contributed by atoms with E-state index in [0.717, 1.165) is 17.7 Å². The highest BCUT2D eigenvalue weighted by molar-refractivity contribution is 8.15. The summed E-state index contributed by atoms with van der Waals surface area (Å²) >= 11 is 1.41. The Hall–Kier alpha value is -2.32. The van der Waals surface area contributed by atoms with Gasteiger partial charge in [0, 0.05) is 17.4 Å². The molecule has 29 heavy (non-hydrogen) atoms. The summed E-state index contributed by atoms with van der Waals surface area (Å²) in [6, 6.07) is 16.6. The molecule has 2 atom stereocenters. The lowest BCUT2D eigenvalue weighted by atomic mass is 10.1. The number of rotatable bonds is 5. The molecule has 0 radical (unpaired) electrons. The van der Waals surface area contributed by atoms with Gasteiger partial charge in [-0.2, -0.15) is 4.99 Å². The molecule has 2 aromatic carbocycles. The van der Waals surface area contributed by atoms with E-state index < -0.39 is 9.84 Å². The lowest BCUT2D eigenvalue weighted by Crippen LogP contribution is -2.39. The second-order valence-electron chi connectivity index (χ2n) is 7.16. The molecule has 2 aromatic rings. The molecule has 0 unspecified atom stereocenters. The number of amidine groups is 1. The summed E-state index contributed by atoms with van der Waals surface area (Å²) in [7, 11) is -1.42. The van der Waals surface area contributed by atoms with Gasteiger partial charge in [-0.1, -0.05) is 42.1 Å². The van der Waals surface area contributed by atoms with E-state index in [-0.39, 0.29) is 28.7 Å². The van der Waals surface area contributed by atoms with Gasteiger partial charge in [0.15, 0.2) is 15.0 Å². The molecule has 2 saturated heterocycles. The highest BCUT2D eigenvalue weighted by Crippen LogP contribution is 2.38. The standard InChI is InChI=1S/C21H22N2O4S2/c1-27-17-9-7-15(8-10-17)11-12-23-18-13-29(25,26)14-19(18)28-21(23)22-20(24)16-5-3-2-4-6-16/h2-10,18-19H,11-14H2,1H3/t18-,19-/m1/s1. The van der Waals surface area contributed by atoms with Gasteiger partial charge < -0.3 is 9.64 Å². The maximum absolute atomic E-state index is 12.6. The van der Waals surface area contributed by atoms with Gasteiger partial charge in [-0.3, -0.25) is 4.79 Å². The van der Waals surface area contributed by atoms with E-state index in [9.17, 15) is 13.2 Å². The van der Waals surface area contributed by atoms with E-state index in [1.165, 1.54) is 11.8 Å². The molecule has 0 saturated carbocycles. The van der Waals surface area contributed by atoms with Crippen LogP contribution < -0.4 is 4.74 Å². The number of hydrogen-bond acceptors (Lipinski definition) is 5. The van der Waals surface area contributed by atoms with Crippen LogP contribution in [0.4, 0.5) is 0 Å². The Bertz CT molecular complexity index is 1020. The van der Waals surface area contributed by atoms with Crippen LogP contribution >= 0.6 is 11.8 Å². The molecule has 0 aromatic heterocycles. The molecule has 2 heterocycles. The molecule has 1 amide bonds. The summed E-state index contributed by atoms with van der Waals surface area (Å²) in [6.07, 6.45) is 0.729. The fraction of sp³-hybridized carbons (Fsp3) is 0.333. The Morgan fingerprint density at radius 1 is 1.14 bits per heavy atom. The van der Waals surface area contributed by atoms with Crippen molar-refractivity contribution in [3.05, 3.63) is 65.7 Å². The number of fused-ring (bicyclic) bond motifs is 1. The van der Waals surface area contributed by atoms with E-state index in [1.807, 2.05) is 35.2 Å². The first kappa shape index (κ1) is 20.0. The third kappa shape index (κ3) is 4.48. The van der Waals surface area contributed by atoms with Crippen molar-refractivity contribution in [1.82, 2.24) is 4.90 Å². The molecule has 0 N–H and O–H groups in total. The number of methoxy groups -OCH3 is 1. The van der Waals surface area contributed by atoms with Crippen LogP contribution in [-0.2, 0) is 16.3 Å². The van der Waals surface area contributed by atoms with Crippen molar-refractivity contribution in [1.29, 1.82) is 0 Å². The molecule has 6 nitrogen and oxygen atoms in total. The van der Waals surface area contributed by atoms with Crippen LogP contribution in [0.1, 0.15) is 15.9 Å². The van der Waals surface area contributed by atoms with Crippen LogP contribution in [0.15, 0.2) is 59.6 Å². The number of nitrogens with zero attached hydrogens (tertiary/aromatic N) is 2. The summed E-state index contributed by atoms with van der Waals surface area (Å²) in [5.41, 5.74) is 1.65. The Morgan fingerprint density at radius 2 is 1.86 bits per heavy atom. The normalized spacial score (nSPS) is 23.9. The van der Waals surface area contributed by atoms with E-state index >= 15 is 0 Å². The van der Waals surface area contributed by atoms with Gasteiger partial charge in [0.05, 0.1) is 24.7 Å². The number of thioether (sulfide) groups is 1. The topological polar surface area (TPSA) is 76.0 Å². The van der Waals surface area contributed by atoms with Crippen molar-refractivity contribution in [2.45, 2.75) is 17.7 Å². The van der Waals surface area contributed by atoms with Crippen molar-refractivity contribution in [2.24, 2.45) is 4.99 Å². The van der Waals surface area contributed by atoms with Gasteiger partial charge in [-0.05, 0) is 36.2 Å². The average molecular weight is 431 g/mol. The van der Waals surface area contributed by atoms with Gasteiger partial charge in [0.1, 0.15) is 5.75 Å². The van der Waals surface area contributed by atoms with Crippen molar-refractivity contribution in [3.8, 4) is 5.75 Å². The summed E-state index contributed by atoms with van der Waals surface area (Å²) in [6.45, 7) is 0.608. The monoisotopic (exact) mass is 430 g/mol. The van der Waals surface area contributed by atoms with E-state index in [2.05, 4.69) is 4.99 Å². The number of sulfone groups is 1. The SMILES string of the molecule is COc1ccc(CCN2C(=NC(=O)c3ccccc3)S[C@@H]3CS(=O)(=O)C[C@H]32)cc1. The first-order valence-electron chi connectivity index (χ1n) is 9.40. The van der Waals surface area contributed by atoms with Crippen LogP contribution in [0.2, 0.25) is 0 Å². The van der Waals surface area contributed by atoms with Gasteiger partial charge in [-0.15, -0.1) is 0 Å². The Morgan fingerprint density at radius 3 is 2.55 bits per heavy atom. The van der Waals surface area contributed by atoms with Crippen molar-refractivity contribution in [2.75, 3.05) is 25.2 Å². The molecule has 8 heteroatoms. The van der Waals surface area contributed by atoms with Crippen LogP contribution in [0, 0.1) is 0 Å². The molecule has 4 rings (SSSR count). The first-order chi connectivity index (χ1) is 13.9. The second-order valence-corrected chi connectivity index (χ2v) is 10.5. The zero-order valence-electron chi connectivity index (χ0n) is 16.0. The fourth-order valence-electron chi connectivity index (χ4n) is 3.67. The summed E-state index contributed by atoms with van der Waals surface area (Å²) in [4.78, 5) is 18.9. The minimum absolute atomic E-state index is 0.0711. The smallest absolute Gasteiger partial charge is 0.279 e. The quantitative estimate of drug-likeness (QED) is 0.726. The molecule has 0 spiro atoms. The Kier molecular flexibility index (Phi) is 5.65. The molecule has 2 aliphatic heterocycles. The van der Waals surface area contributed by atoms with Crippen LogP contribution in [0.25, 0.3) is 0 Å². The highest BCUT2D eigenvalue weighted by Gasteiger charge is 2.48. The molecule has 152 valence electrons. The zero-order valence-corrected chi connectivity index (χ0v) is 17.7. The summed E-state index contributed by atoms with van der Waals surface area (Å²) < 4.78 is 29.4. The van der Waals surface area contributed by atoms with Crippen molar-refractivity contribution < 1.29 is 17.9 Å². The summed E-state index contributed by atoms with van der Waals surface area (Å²) in [5.74, 6) is 0.750. The van der Waals surface area contributed by atoms with Gasteiger partial charge in [0.2, 0.25) is 0 Å². The van der Waals surface area contributed by atoms with Crippen LogP contribution in [0.3, 0.4) is 0 Å². The minimum Gasteiger partial charge on any atom is -0.497 e. The van der Waals surface area contributed by atoms with E-state index in [1.54, 1.807) is 31.4 Å². The van der Waals surface area contributed by atoms with E-state index in [0.29, 0.717) is 17.3 Å². The number of amides is 1. The molecule has 0 bridgehead atoms. The van der Waals surface area contributed by atoms with Crippen LogP contribution in [0.5, 0.6) is 5.75 Å². The fourth-order valence-corrected chi connectivity index (χ4v) is 7.65. The maximum atomic E-state index is 12.6. The van der Waals surface area contributed by atoms with Crippen molar-refractivity contribution in [3.63, 3.8) is 0 Å². The zero-order chi connectivity index (χ0) is 20.4. The van der Waals surface area contributed by atoms with E-state index in [4.69, 9.17) is 4.74 Å². The van der Waals surface area contributed by atoms with Crippen molar-refractivity contribution >= 4 is 32.7 Å². The number of aliphatic imine (C=N–C) groups is 1. The number of hydrogen-bond donors (Lipinski definition) is 0. The lowest BCUT2D eigenvalue weighted by Gasteiger charge is -2.24. The number of benzene rings is 2. The molecule has 2 aliphatic rings. The predicted octanol–water partition coefficient (Wildman–Crippen LogP) is 2.65. The number of ether oxygens (including phenoxy) is 1. The van der Waals surface area contributed by atoms with Gasteiger partial charge in [0.25, 0.3) is 5.91 Å². The molecule has 0 aliphatic carbocycles. The van der Waals surface area contributed by atoms with Gasteiger partial charge >= 0.3 is 0 Å². The summed E-state index contributed by atoms with van der Waals surface area (Å²) in [5, 5.41) is 0.551. The number of carbonyl (C=O) groups excluding carboxylic acids is 1. The molecule has 2 fully saturated rings. The third-order valence-electron chi connectivity index (χ3n) is 5.19. The van der Waals surface area contributed by atoms with Gasteiger partial charge in [-0.25, -0.2) is 8.42 Å². The lowest BCUT2D eigenvalue weighted by molar-refractivity contribution is 0.100. The third-order valence-corrected chi connectivity index (χ3v) is 8.44. The number of carbonyl (C=O) groups is 1. The predicted molar refractivity (Wildman–Crippen MR) is 115 cm³/mol.